The van der Waals surface area contributed by atoms with Crippen LogP contribution in [0.25, 0.3) is 0 Å². The third-order valence-corrected chi connectivity index (χ3v) is 8.28. The van der Waals surface area contributed by atoms with Gasteiger partial charge in [-0.05, 0) is 42.4 Å². The van der Waals surface area contributed by atoms with Crippen molar-refractivity contribution in [2.24, 2.45) is 16.4 Å². The number of benzene rings is 2. The van der Waals surface area contributed by atoms with E-state index in [9.17, 15) is 0 Å². The molecule has 4 rings (SSSR count). The van der Waals surface area contributed by atoms with Gasteiger partial charge in [0.15, 0.2) is 0 Å². The van der Waals surface area contributed by atoms with Crippen molar-refractivity contribution in [3.63, 3.8) is 0 Å². The number of fused-ring (bicyclic) bond motifs is 3. The van der Waals surface area contributed by atoms with Crippen LogP contribution in [0.4, 0.5) is 0 Å². The van der Waals surface area contributed by atoms with Crippen LogP contribution in [0.3, 0.4) is 0 Å². The molecule has 0 radical (unpaired) electrons. The van der Waals surface area contributed by atoms with Gasteiger partial charge in [-0.3, -0.25) is 0 Å². The second-order valence-electron chi connectivity index (χ2n) is 10.2. The first-order chi connectivity index (χ1) is 15.6. The molecule has 0 aromatic heterocycles. The molecule has 2 aromatic carbocycles. The molecule has 2 heterocycles. The van der Waals surface area contributed by atoms with Crippen molar-refractivity contribution < 1.29 is 4.74 Å². The molecule has 2 aliphatic rings. The molecule has 0 amide bonds. The Morgan fingerprint density at radius 1 is 1.06 bits per heavy atom. The van der Waals surface area contributed by atoms with Crippen LogP contribution in [0.2, 0.25) is 20.1 Å². The highest BCUT2D eigenvalue weighted by molar-refractivity contribution is 6.42. The first kappa shape index (κ1) is 25.0. The van der Waals surface area contributed by atoms with Crippen molar-refractivity contribution in [3.8, 4) is 5.75 Å². The number of hydrazone groups is 1. The summed E-state index contributed by atoms with van der Waals surface area (Å²) in [7, 11) is 0. The highest BCUT2D eigenvalue weighted by atomic mass is 35.5. The number of unbranched alkanes of at least 4 members (excludes halogenated alkanes) is 1. The maximum absolute atomic E-state index is 6.57. The van der Waals surface area contributed by atoms with E-state index in [4.69, 9.17) is 56.2 Å². The van der Waals surface area contributed by atoms with Crippen molar-refractivity contribution >= 4 is 52.1 Å². The Bertz CT molecular complexity index is 1060. The minimum absolute atomic E-state index is 0.00602. The second-order valence-corrected chi connectivity index (χ2v) is 11.8. The maximum Gasteiger partial charge on any atom is 0.215 e. The smallest absolute Gasteiger partial charge is 0.215 e. The van der Waals surface area contributed by atoms with Gasteiger partial charge in [0.2, 0.25) is 6.23 Å². The van der Waals surface area contributed by atoms with Gasteiger partial charge in [-0.15, -0.1) is 0 Å². The summed E-state index contributed by atoms with van der Waals surface area (Å²) in [6.07, 6.45) is 4.80. The summed E-state index contributed by atoms with van der Waals surface area (Å²) in [5, 5.41) is 9.03. The zero-order valence-electron chi connectivity index (χ0n) is 19.5. The first-order valence-corrected chi connectivity index (χ1v) is 13.0. The van der Waals surface area contributed by atoms with Gasteiger partial charge in [-0.1, -0.05) is 99.1 Å². The monoisotopic (exact) mass is 526 g/mol. The van der Waals surface area contributed by atoms with Crippen LogP contribution < -0.4 is 4.74 Å². The van der Waals surface area contributed by atoms with Crippen LogP contribution in [0.1, 0.15) is 83.2 Å². The Morgan fingerprint density at radius 2 is 1.82 bits per heavy atom. The zero-order chi connectivity index (χ0) is 23.9. The van der Waals surface area contributed by atoms with Gasteiger partial charge in [0.1, 0.15) is 5.75 Å². The molecule has 178 valence electrons. The molecule has 0 N–H and O–H groups in total. The van der Waals surface area contributed by atoms with E-state index in [0.717, 1.165) is 30.4 Å². The van der Waals surface area contributed by atoms with Crippen LogP contribution in [0.5, 0.6) is 5.75 Å². The van der Waals surface area contributed by atoms with Gasteiger partial charge in [0, 0.05) is 28.3 Å². The lowest BCUT2D eigenvalue weighted by Gasteiger charge is -2.39. The Morgan fingerprint density at radius 3 is 2.55 bits per heavy atom. The average molecular weight is 528 g/mol. The van der Waals surface area contributed by atoms with E-state index in [1.807, 2.05) is 23.2 Å². The SMILES string of the molecule is CC(CCCCC1=NN2C(C1)c1cc(Cl)cc(Cl)c1OC2c1cccc(Cl)c1Cl)C(C)(C)C. The fourth-order valence-electron chi connectivity index (χ4n) is 4.46. The molecule has 3 atom stereocenters. The lowest BCUT2D eigenvalue weighted by atomic mass is 9.79. The Kier molecular flexibility index (Phi) is 7.46. The van der Waals surface area contributed by atoms with E-state index in [0.29, 0.717) is 37.2 Å². The third kappa shape index (κ3) is 5.27. The Hall–Kier alpha value is -1.13. The van der Waals surface area contributed by atoms with Gasteiger partial charge in [0.25, 0.3) is 0 Å². The summed E-state index contributed by atoms with van der Waals surface area (Å²) in [5.74, 6) is 1.33. The Balaban J connectivity index is 1.58. The van der Waals surface area contributed by atoms with Gasteiger partial charge in [0.05, 0.1) is 21.1 Å². The summed E-state index contributed by atoms with van der Waals surface area (Å²) in [4.78, 5) is 0. The van der Waals surface area contributed by atoms with E-state index in [-0.39, 0.29) is 6.04 Å². The minimum atomic E-state index is -0.509. The molecule has 3 nitrogen and oxygen atoms in total. The van der Waals surface area contributed by atoms with Gasteiger partial charge < -0.3 is 4.74 Å². The predicted octanol–water partition coefficient (Wildman–Crippen LogP) is 9.74. The van der Waals surface area contributed by atoms with Crippen LogP contribution in [0, 0.1) is 11.3 Å². The molecule has 0 fully saturated rings. The van der Waals surface area contributed by atoms with Crippen LogP contribution in [0.15, 0.2) is 35.4 Å². The number of hydrogen-bond donors (Lipinski definition) is 0. The molecule has 0 bridgehead atoms. The predicted molar refractivity (Wildman–Crippen MR) is 140 cm³/mol. The average Bonchev–Trinajstić information content (AvgIpc) is 3.16. The summed E-state index contributed by atoms with van der Waals surface area (Å²) in [5.41, 5.74) is 3.24. The molecule has 0 saturated carbocycles. The van der Waals surface area contributed by atoms with Gasteiger partial charge >= 0.3 is 0 Å². The van der Waals surface area contributed by atoms with Gasteiger partial charge in [-0.2, -0.15) is 5.10 Å². The van der Waals surface area contributed by atoms with Gasteiger partial charge in [-0.25, -0.2) is 5.01 Å². The molecule has 33 heavy (non-hydrogen) atoms. The van der Waals surface area contributed by atoms with E-state index in [1.54, 1.807) is 12.1 Å². The molecule has 3 unspecified atom stereocenters. The van der Waals surface area contributed by atoms with Crippen molar-refractivity contribution in [2.45, 2.75) is 72.1 Å². The molecule has 0 spiro atoms. The summed E-state index contributed by atoms with van der Waals surface area (Å²) in [6, 6.07) is 9.20. The normalized spacial score (nSPS) is 20.7. The lowest BCUT2D eigenvalue weighted by Crippen LogP contribution is -2.34. The van der Waals surface area contributed by atoms with E-state index < -0.39 is 6.23 Å². The topological polar surface area (TPSA) is 24.8 Å². The molecular weight excluding hydrogens is 498 g/mol. The highest BCUT2D eigenvalue weighted by Gasteiger charge is 2.42. The van der Waals surface area contributed by atoms with Crippen molar-refractivity contribution in [2.75, 3.05) is 0 Å². The second kappa shape index (κ2) is 9.85. The lowest BCUT2D eigenvalue weighted by molar-refractivity contribution is -0.0188. The Labute approximate surface area is 217 Å². The summed E-state index contributed by atoms with van der Waals surface area (Å²) >= 11 is 25.8. The number of rotatable bonds is 6. The third-order valence-electron chi connectivity index (χ3n) is 6.95. The fraction of sp³-hybridized carbons (Fsp3) is 0.500. The van der Waals surface area contributed by atoms with Crippen molar-refractivity contribution in [1.82, 2.24) is 5.01 Å². The van der Waals surface area contributed by atoms with Crippen LogP contribution >= 0.6 is 46.4 Å². The molecule has 7 heteroatoms. The minimum Gasteiger partial charge on any atom is -0.463 e. The number of ether oxygens (including phenoxy) is 1. The first-order valence-electron chi connectivity index (χ1n) is 11.5. The van der Waals surface area contributed by atoms with E-state index >= 15 is 0 Å². The largest absolute Gasteiger partial charge is 0.463 e. The number of hydrogen-bond acceptors (Lipinski definition) is 3. The van der Waals surface area contributed by atoms with Crippen LogP contribution in [-0.4, -0.2) is 10.7 Å². The van der Waals surface area contributed by atoms with E-state index in [1.165, 1.54) is 18.6 Å². The summed E-state index contributed by atoms with van der Waals surface area (Å²) in [6.45, 7) is 9.27. The van der Waals surface area contributed by atoms with E-state index in [2.05, 4.69) is 27.7 Å². The van der Waals surface area contributed by atoms with Crippen molar-refractivity contribution in [3.05, 3.63) is 61.5 Å². The molecule has 0 saturated heterocycles. The fourth-order valence-corrected chi connectivity index (χ4v) is 5.41. The zero-order valence-corrected chi connectivity index (χ0v) is 22.5. The standard InChI is InChI=1S/C26H30Cl4N2O/c1-15(26(2,3)4)8-5-6-9-17-14-22-19-12-16(27)13-21(29)24(19)33-25(32(22)31-17)18-10-7-11-20(28)23(18)30/h7,10-13,15,22,25H,5-6,8-9,14H2,1-4H3. The summed E-state index contributed by atoms with van der Waals surface area (Å²) < 4.78 is 6.38. The quantitative estimate of drug-likeness (QED) is 0.349. The number of halogens is 4. The maximum atomic E-state index is 6.57. The molecule has 2 aliphatic heterocycles. The molecule has 2 aromatic rings. The number of nitrogens with zero attached hydrogens (tertiary/aromatic N) is 2. The molecule has 0 aliphatic carbocycles. The highest BCUT2D eigenvalue weighted by Crippen LogP contribution is 2.51. The van der Waals surface area contributed by atoms with Crippen molar-refractivity contribution in [1.29, 1.82) is 0 Å². The van der Waals surface area contributed by atoms with Crippen LogP contribution in [-0.2, 0) is 0 Å². The molecular formula is C26H30Cl4N2O.